The topological polar surface area (TPSA) is 38.1 Å². The molecule has 2 aromatic rings. The van der Waals surface area contributed by atoms with Gasteiger partial charge in [-0.15, -0.1) is 0 Å². The molecule has 1 aliphatic heterocycles. The van der Waals surface area contributed by atoms with Crippen molar-refractivity contribution in [3.8, 4) is 11.3 Å². The van der Waals surface area contributed by atoms with Gasteiger partial charge in [0.2, 0.25) is 5.91 Å². The molecule has 1 aliphatic rings. The van der Waals surface area contributed by atoms with E-state index in [2.05, 4.69) is 12.1 Å². The number of hydrogen-bond acceptors (Lipinski definition) is 2. The second-order valence-corrected chi connectivity index (χ2v) is 5.50. The van der Waals surface area contributed by atoms with Crippen LogP contribution >= 0.6 is 0 Å². The van der Waals surface area contributed by atoms with Crippen molar-refractivity contribution < 1.29 is 4.79 Å². The molecule has 1 aromatic heterocycles. The predicted molar refractivity (Wildman–Crippen MR) is 82.9 cm³/mol. The lowest BCUT2D eigenvalue weighted by Gasteiger charge is -2.19. The van der Waals surface area contributed by atoms with Gasteiger partial charge in [-0.2, -0.15) is 5.10 Å². The van der Waals surface area contributed by atoms with Crippen LogP contribution in [0.3, 0.4) is 0 Å². The minimum absolute atomic E-state index is 0.247. The van der Waals surface area contributed by atoms with E-state index in [4.69, 9.17) is 5.10 Å². The van der Waals surface area contributed by atoms with Crippen LogP contribution in [0.2, 0.25) is 0 Å². The lowest BCUT2D eigenvalue weighted by atomic mass is 10.0. The number of hydrogen-bond donors (Lipinski definition) is 0. The number of amides is 1. The van der Waals surface area contributed by atoms with Crippen LogP contribution < -0.4 is 0 Å². The van der Waals surface area contributed by atoms with Gasteiger partial charge in [0.15, 0.2) is 0 Å². The molecular weight excluding hydrogens is 262 g/mol. The highest BCUT2D eigenvalue weighted by Crippen LogP contribution is 2.27. The van der Waals surface area contributed by atoms with Gasteiger partial charge in [0.25, 0.3) is 0 Å². The van der Waals surface area contributed by atoms with Gasteiger partial charge in [0, 0.05) is 49.8 Å². The largest absolute Gasteiger partial charge is 0.342 e. The minimum Gasteiger partial charge on any atom is -0.342 e. The average Bonchev–Trinajstić information content (AvgIpc) is 2.71. The Morgan fingerprint density at radius 1 is 1.19 bits per heavy atom. The molecule has 4 nitrogen and oxygen atoms in total. The maximum atomic E-state index is 11.9. The Bertz CT molecular complexity index is 646. The summed E-state index contributed by atoms with van der Waals surface area (Å²) in [6, 6.07) is 10.3. The van der Waals surface area contributed by atoms with Crippen molar-refractivity contribution in [1.82, 2.24) is 14.7 Å². The smallest absolute Gasteiger partial charge is 0.222 e. The molecular formula is C17H21N3O. The molecule has 1 aromatic carbocycles. The Hall–Kier alpha value is -2.10. The van der Waals surface area contributed by atoms with E-state index in [1.807, 2.05) is 41.8 Å². The average molecular weight is 283 g/mol. The van der Waals surface area contributed by atoms with E-state index in [1.54, 1.807) is 0 Å². The van der Waals surface area contributed by atoms with Crippen LogP contribution in [0.4, 0.5) is 0 Å². The van der Waals surface area contributed by atoms with E-state index in [1.165, 1.54) is 11.3 Å². The molecule has 3 rings (SSSR count). The number of fused-ring (bicyclic) bond motifs is 1. The molecule has 0 saturated heterocycles. The van der Waals surface area contributed by atoms with E-state index < -0.39 is 0 Å². The SMILES string of the molecule is CCC(=O)N1CCc2c(-c3ccccc3)nn(C)c2CC1. The highest BCUT2D eigenvalue weighted by atomic mass is 16.2. The fourth-order valence-corrected chi connectivity index (χ4v) is 3.08. The molecule has 0 aliphatic carbocycles. The first kappa shape index (κ1) is 13.9. The Morgan fingerprint density at radius 2 is 1.90 bits per heavy atom. The fourth-order valence-electron chi connectivity index (χ4n) is 3.08. The minimum atomic E-state index is 0.247. The molecule has 0 saturated carbocycles. The molecule has 0 unspecified atom stereocenters. The molecule has 0 atom stereocenters. The fraction of sp³-hybridized carbons (Fsp3) is 0.412. The van der Waals surface area contributed by atoms with Gasteiger partial charge in [-0.1, -0.05) is 37.3 Å². The molecule has 0 spiro atoms. The lowest BCUT2D eigenvalue weighted by molar-refractivity contribution is -0.130. The molecule has 110 valence electrons. The number of rotatable bonds is 2. The van der Waals surface area contributed by atoms with Crippen molar-refractivity contribution in [2.45, 2.75) is 26.2 Å². The van der Waals surface area contributed by atoms with Crippen molar-refractivity contribution >= 4 is 5.91 Å². The second kappa shape index (κ2) is 5.72. The van der Waals surface area contributed by atoms with E-state index in [-0.39, 0.29) is 5.91 Å². The third kappa shape index (κ3) is 2.58. The van der Waals surface area contributed by atoms with Crippen LogP contribution in [0.5, 0.6) is 0 Å². The van der Waals surface area contributed by atoms with Gasteiger partial charge < -0.3 is 4.90 Å². The summed E-state index contributed by atoms with van der Waals surface area (Å²) in [5, 5.41) is 4.71. The van der Waals surface area contributed by atoms with Crippen molar-refractivity contribution in [3.63, 3.8) is 0 Å². The van der Waals surface area contributed by atoms with E-state index in [0.29, 0.717) is 6.42 Å². The Labute approximate surface area is 125 Å². The summed E-state index contributed by atoms with van der Waals surface area (Å²) in [5.41, 5.74) is 4.79. The van der Waals surface area contributed by atoms with E-state index in [0.717, 1.165) is 37.2 Å². The zero-order chi connectivity index (χ0) is 14.8. The van der Waals surface area contributed by atoms with Crippen molar-refractivity contribution in [1.29, 1.82) is 0 Å². The number of aromatic nitrogens is 2. The molecule has 1 amide bonds. The zero-order valence-corrected chi connectivity index (χ0v) is 12.7. The molecule has 0 fully saturated rings. The van der Waals surface area contributed by atoms with Crippen molar-refractivity contribution in [3.05, 3.63) is 41.6 Å². The summed E-state index contributed by atoms with van der Waals surface area (Å²) in [4.78, 5) is 13.9. The molecule has 0 N–H and O–H groups in total. The Morgan fingerprint density at radius 3 is 2.62 bits per heavy atom. The standard InChI is InChI=1S/C17H21N3O/c1-3-16(21)20-11-9-14-15(10-12-20)19(2)18-17(14)13-7-5-4-6-8-13/h4-8H,3,9-12H2,1-2H3. The van der Waals surface area contributed by atoms with Gasteiger partial charge in [0.05, 0.1) is 5.69 Å². The van der Waals surface area contributed by atoms with Gasteiger partial charge >= 0.3 is 0 Å². The van der Waals surface area contributed by atoms with Gasteiger partial charge in [-0.25, -0.2) is 0 Å². The first-order valence-electron chi connectivity index (χ1n) is 7.58. The molecule has 21 heavy (non-hydrogen) atoms. The van der Waals surface area contributed by atoms with E-state index in [9.17, 15) is 4.79 Å². The maximum absolute atomic E-state index is 11.9. The van der Waals surface area contributed by atoms with Crippen LogP contribution in [0.1, 0.15) is 24.6 Å². The van der Waals surface area contributed by atoms with Crippen LogP contribution in [0.15, 0.2) is 30.3 Å². The van der Waals surface area contributed by atoms with E-state index >= 15 is 0 Å². The summed E-state index contributed by atoms with van der Waals surface area (Å²) >= 11 is 0. The maximum Gasteiger partial charge on any atom is 0.222 e. The molecule has 4 heteroatoms. The van der Waals surface area contributed by atoms with Crippen LogP contribution in [-0.4, -0.2) is 33.7 Å². The number of benzene rings is 1. The van der Waals surface area contributed by atoms with Gasteiger partial charge in [-0.05, 0) is 6.42 Å². The predicted octanol–water partition coefficient (Wildman–Crippen LogP) is 2.42. The monoisotopic (exact) mass is 283 g/mol. The second-order valence-electron chi connectivity index (χ2n) is 5.50. The number of nitrogens with zero attached hydrogens (tertiary/aromatic N) is 3. The summed E-state index contributed by atoms with van der Waals surface area (Å²) < 4.78 is 1.98. The number of aryl methyl sites for hydroxylation is 1. The normalized spacial score (nSPS) is 14.7. The molecule has 0 radical (unpaired) electrons. The quantitative estimate of drug-likeness (QED) is 0.849. The summed E-state index contributed by atoms with van der Waals surface area (Å²) in [7, 11) is 2.00. The molecule has 0 bridgehead atoms. The lowest BCUT2D eigenvalue weighted by Crippen LogP contribution is -2.32. The van der Waals surface area contributed by atoms with Crippen LogP contribution in [0.25, 0.3) is 11.3 Å². The Balaban J connectivity index is 1.94. The zero-order valence-electron chi connectivity index (χ0n) is 12.7. The van der Waals surface area contributed by atoms with Crippen molar-refractivity contribution in [2.24, 2.45) is 7.05 Å². The van der Waals surface area contributed by atoms with Crippen molar-refractivity contribution in [2.75, 3.05) is 13.1 Å². The Kier molecular flexibility index (Phi) is 3.78. The first-order chi connectivity index (χ1) is 10.2. The number of carbonyl (C=O) groups is 1. The van der Waals surface area contributed by atoms with Crippen LogP contribution in [-0.2, 0) is 24.7 Å². The highest BCUT2D eigenvalue weighted by molar-refractivity contribution is 5.76. The summed E-state index contributed by atoms with van der Waals surface area (Å²) in [6.07, 6.45) is 2.36. The van der Waals surface area contributed by atoms with Crippen LogP contribution in [0, 0.1) is 0 Å². The summed E-state index contributed by atoms with van der Waals surface area (Å²) in [5.74, 6) is 0.247. The third-order valence-corrected chi connectivity index (χ3v) is 4.23. The van der Waals surface area contributed by atoms with Gasteiger partial charge in [0.1, 0.15) is 0 Å². The first-order valence-corrected chi connectivity index (χ1v) is 7.58. The number of carbonyl (C=O) groups excluding carboxylic acids is 1. The van der Waals surface area contributed by atoms with Gasteiger partial charge in [-0.3, -0.25) is 9.48 Å². The highest BCUT2D eigenvalue weighted by Gasteiger charge is 2.23. The third-order valence-electron chi connectivity index (χ3n) is 4.23. The molecule has 2 heterocycles. The summed E-state index contributed by atoms with van der Waals surface area (Å²) in [6.45, 7) is 3.52.